The number of amidine groups is 1. The Labute approximate surface area is 220 Å². The van der Waals surface area contributed by atoms with E-state index >= 15 is 0 Å². The number of piperazine rings is 1. The molecule has 0 saturated carbocycles. The molecule has 2 aromatic rings. The van der Waals surface area contributed by atoms with Crippen LogP contribution in [0.4, 0.5) is 0 Å². The average Bonchev–Trinajstić information content (AvgIpc) is 3.52. The van der Waals surface area contributed by atoms with Crippen molar-refractivity contribution in [1.82, 2.24) is 19.1 Å². The highest BCUT2D eigenvalue weighted by molar-refractivity contribution is 7.82. The molecule has 3 aliphatic rings. The van der Waals surface area contributed by atoms with Crippen molar-refractivity contribution in [2.75, 3.05) is 46.4 Å². The van der Waals surface area contributed by atoms with E-state index in [9.17, 15) is 13.8 Å². The van der Waals surface area contributed by atoms with Gasteiger partial charge in [0.05, 0.1) is 45.4 Å². The van der Waals surface area contributed by atoms with Crippen LogP contribution in [0.2, 0.25) is 0 Å². The van der Waals surface area contributed by atoms with Gasteiger partial charge in [-0.1, -0.05) is 12.1 Å². The minimum absolute atomic E-state index is 0.0306. The van der Waals surface area contributed by atoms with E-state index in [2.05, 4.69) is 26.6 Å². The van der Waals surface area contributed by atoms with Crippen LogP contribution in [0.15, 0.2) is 35.4 Å². The predicted molar refractivity (Wildman–Crippen MR) is 141 cm³/mol. The first kappa shape index (κ1) is 25.7. The number of aromatic amines is 1. The maximum Gasteiger partial charge on any atom is 0.329 e. The maximum atomic E-state index is 13.2. The number of hydrogen-bond acceptors (Lipinski definition) is 4. The van der Waals surface area contributed by atoms with E-state index in [1.165, 1.54) is 37.8 Å². The number of ether oxygens (including phenoxy) is 1. The van der Waals surface area contributed by atoms with Crippen molar-refractivity contribution in [2.45, 2.75) is 50.7 Å². The molecule has 9 nitrogen and oxygen atoms in total. The minimum Gasteiger partial charge on any atom is -0.467 e. The number of carbonyl (C=O) groups excluding carboxylic acids is 2. The summed E-state index contributed by atoms with van der Waals surface area (Å²) in [7, 11) is -0.262. The number of rotatable bonds is 6. The van der Waals surface area contributed by atoms with Crippen LogP contribution in [0.5, 0.6) is 0 Å². The van der Waals surface area contributed by atoms with Crippen LogP contribution >= 0.6 is 0 Å². The van der Waals surface area contributed by atoms with Crippen LogP contribution in [0.25, 0.3) is 0 Å². The number of aromatic nitrogens is 1. The van der Waals surface area contributed by atoms with Gasteiger partial charge < -0.3 is 14.6 Å². The summed E-state index contributed by atoms with van der Waals surface area (Å²) in [5.74, 6) is 0.557. The van der Waals surface area contributed by atoms with Gasteiger partial charge in [0.15, 0.2) is 0 Å². The van der Waals surface area contributed by atoms with Gasteiger partial charge in [0, 0.05) is 25.2 Å². The monoisotopic (exact) mass is 526 g/mol. The summed E-state index contributed by atoms with van der Waals surface area (Å²) in [4.78, 5) is 33.1. The minimum atomic E-state index is -1.58. The number of amides is 1. The molecule has 3 aliphatic heterocycles. The maximum absolute atomic E-state index is 13.2. The zero-order valence-electron chi connectivity index (χ0n) is 21.9. The summed E-state index contributed by atoms with van der Waals surface area (Å²) in [6.45, 7) is 8.63. The number of carbonyl (C=O) groups is 2. The van der Waals surface area contributed by atoms with Gasteiger partial charge in [-0.2, -0.15) is 0 Å². The number of benzene rings is 1. The molecule has 2 atom stereocenters. The average molecular weight is 527 g/mol. The van der Waals surface area contributed by atoms with Crippen LogP contribution in [-0.2, 0) is 31.9 Å². The van der Waals surface area contributed by atoms with Crippen molar-refractivity contribution in [2.24, 2.45) is 0 Å². The van der Waals surface area contributed by atoms with Gasteiger partial charge in [0.1, 0.15) is 22.1 Å². The lowest BCUT2D eigenvalue weighted by Crippen LogP contribution is -2.59. The Bertz CT molecular complexity index is 1210. The molecule has 1 aromatic heterocycles. The molecule has 0 radical (unpaired) electrons. The first-order chi connectivity index (χ1) is 17.9. The summed E-state index contributed by atoms with van der Waals surface area (Å²) < 4.78 is 22.2. The van der Waals surface area contributed by atoms with Gasteiger partial charge in [-0.15, -0.1) is 0 Å². The largest absolute Gasteiger partial charge is 0.467 e. The molecule has 0 bridgehead atoms. The zero-order valence-corrected chi connectivity index (χ0v) is 22.7. The molecular weight excluding hydrogens is 490 g/mol. The van der Waals surface area contributed by atoms with Gasteiger partial charge in [0.2, 0.25) is 5.91 Å². The Morgan fingerprint density at radius 3 is 2.41 bits per heavy atom. The van der Waals surface area contributed by atoms with Crippen molar-refractivity contribution in [3.63, 3.8) is 0 Å². The second-order valence-corrected chi connectivity index (χ2v) is 11.6. The first-order valence-electron chi connectivity index (χ1n) is 13.0. The fraction of sp³-hybridized carbons (Fsp3) is 0.519. The molecule has 5 rings (SSSR count). The van der Waals surface area contributed by atoms with Crippen molar-refractivity contribution in [3.05, 3.63) is 52.7 Å². The molecule has 10 heteroatoms. The normalized spacial score (nSPS) is 21.2. The van der Waals surface area contributed by atoms with E-state index in [4.69, 9.17) is 4.74 Å². The molecule has 0 aliphatic carbocycles. The van der Waals surface area contributed by atoms with Crippen LogP contribution < -0.4 is 0 Å². The number of H-pyrrole nitrogens is 1. The van der Waals surface area contributed by atoms with Crippen LogP contribution in [0.1, 0.15) is 41.6 Å². The van der Waals surface area contributed by atoms with Crippen LogP contribution in [0.3, 0.4) is 0 Å². The number of aryl methyl sites for hydroxylation is 2. The van der Waals surface area contributed by atoms with Gasteiger partial charge in [-0.05, 0) is 56.0 Å². The van der Waals surface area contributed by atoms with Gasteiger partial charge >= 0.3 is 5.97 Å². The van der Waals surface area contributed by atoms with Crippen LogP contribution in [-0.4, -0.2) is 98.0 Å². The molecule has 1 N–H and O–H groups in total. The Balaban J connectivity index is 1.33. The molecule has 4 heterocycles. The quantitative estimate of drug-likeness (QED) is 0.352. The number of esters is 1. The zero-order chi connectivity index (χ0) is 26.1. The SMILES string of the molecule is COC(=O)C1CN(S(=O)c2cc(C)c(C)[nH]2)CC(=O)N1Cc1ccc(C(N2CCCC2)=[N+]2CCC2)cc1. The number of likely N-dealkylation sites (tertiary alicyclic amines) is 1. The summed E-state index contributed by atoms with van der Waals surface area (Å²) in [6.07, 6.45) is 3.69. The van der Waals surface area contributed by atoms with E-state index in [1.54, 1.807) is 9.21 Å². The van der Waals surface area contributed by atoms with E-state index in [0.29, 0.717) is 11.6 Å². The van der Waals surface area contributed by atoms with Gasteiger partial charge in [-0.3, -0.25) is 14.3 Å². The van der Waals surface area contributed by atoms with Crippen molar-refractivity contribution in [3.8, 4) is 0 Å². The smallest absolute Gasteiger partial charge is 0.329 e. The first-order valence-corrected chi connectivity index (χ1v) is 14.1. The molecule has 2 unspecified atom stereocenters. The van der Waals surface area contributed by atoms with E-state index in [-0.39, 0.29) is 19.0 Å². The van der Waals surface area contributed by atoms with E-state index in [1.807, 2.05) is 32.0 Å². The number of methoxy groups -OCH3 is 1. The topological polar surface area (TPSA) is 89.0 Å². The number of nitrogens with zero attached hydrogens (tertiary/aromatic N) is 4. The van der Waals surface area contributed by atoms with E-state index < -0.39 is 23.0 Å². The summed E-state index contributed by atoms with van der Waals surface area (Å²) in [5.41, 5.74) is 4.07. The third-order valence-electron chi connectivity index (χ3n) is 7.66. The third kappa shape index (κ3) is 5.22. The number of nitrogens with one attached hydrogen (secondary N) is 1. The second kappa shape index (κ2) is 10.8. The molecule has 3 fully saturated rings. The Morgan fingerprint density at radius 1 is 1.14 bits per heavy atom. The molecule has 1 amide bonds. The summed E-state index contributed by atoms with van der Waals surface area (Å²) in [5, 5.41) is 0.530. The lowest BCUT2D eigenvalue weighted by atomic mass is 10.1. The second-order valence-electron chi connectivity index (χ2n) is 10.1. The summed E-state index contributed by atoms with van der Waals surface area (Å²) >= 11 is 0. The molecule has 1 aromatic carbocycles. The highest BCUT2D eigenvalue weighted by Crippen LogP contribution is 2.23. The molecule has 198 valence electrons. The standard InChI is InChI=1S/C27H36N5O4S/c1-19-15-24(28-20(19)2)37(35)31-17-23(27(34)36-3)32(25(33)18-31)16-21-7-9-22(10-8-21)26(30-13-6-14-30)29-11-4-5-12-29/h7-10,15,23,28H,4-6,11-14,16-18H2,1-3H3/q+1. The Hall–Kier alpha value is -2.98. The number of hydrogen-bond donors (Lipinski definition) is 1. The lowest BCUT2D eigenvalue weighted by molar-refractivity contribution is -0.586. The predicted octanol–water partition coefficient (Wildman–Crippen LogP) is 1.80. The third-order valence-corrected chi connectivity index (χ3v) is 9.00. The lowest BCUT2D eigenvalue weighted by Gasteiger charge is -2.38. The molecule has 3 saturated heterocycles. The fourth-order valence-electron chi connectivity index (χ4n) is 5.27. The fourth-order valence-corrected chi connectivity index (χ4v) is 6.57. The Morgan fingerprint density at radius 2 is 1.84 bits per heavy atom. The van der Waals surface area contributed by atoms with E-state index in [0.717, 1.165) is 43.0 Å². The molecule has 37 heavy (non-hydrogen) atoms. The van der Waals surface area contributed by atoms with Crippen LogP contribution in [0, 0.1) is 13.8 Å². The van der Waals surface area contributed by atoms with Crippen molar-refractivity contribution >= 4 is 28.7 Å². The van der Waals surface area contributed by atoms with Crippen molar-refractivity contribution < 1.29 is 23.1 Å². The highest BCUT2D eigenvalue weighted by atomic mass is 32.2. The summed E-state index contributed by atoms with van der Waals surface area (Å²) in [6, 6.07) is 9.33. The van der Waals surface area contributed by atoms with Crippen molar-refractivity contribution in [1.29, 1.82) is 0 Å². The van der Waals surface area contributed by atoms with Gasteiger partial charge in [-0.25, -0.2) is 13.3 Å². The van der Waals surface area contributed by atoms with Gasteiger partial charge in [0.25, 0.3) is 5.84 Å². The Kier molecular flexibility index (Phi) is 7.48. The highest BCUT2D eigenvalue weighted by Gasteiger charge is 2.40. The molecule has 0 spiro atoms. The molecular formula is C27H36N5O4S+.